The average Bonchev–Trinajstić information content (AvgIpc) is 2.71. The number of aliphatic hydroxyl groups excluding tert-OH is 1. The molecular formula is C13H22O3. The zero-order chi connectivity index (χ0) is 11.2. The van der Waals surface area contributed by atoms with Crippen LogP contribution in [0.5, 0.6) is 0 Å². The van der Waals surface area contributed by atoms with E-state index >= 15 is 0 Å². The van der Waals surface area contributed by atoms with Crippen LogP contribution in [0.2, 0.25) is 0 Å². The van der Waals surface area contributed by atoms with E-state index in [4.69, 9.17) is 9.47 Å². The van der Waals surface area contributed by atoms with Crippen molar-refractivity contribution < 1.29 is 14.6 Å². The van der Waals surface area contributed by atoms with Crippen LogP contribution < -0.4 is 0 Å². The summed E-state index contributed by atoms with van der Waals surface area (Å²) in [6.45, 7) is 4.02. The molecule has 0 radical (unpaired) electrons. The molecule has 2 unspecified atom stereocenters. The Bertz CT molecular complexity index is 254. The molecule has 3 nitrogen and oxygen atoms in total. The van der Waals surface area contributed by atoms with Gasteiger partial charge in [0.25, 0.3) is 0 Å². The van der Waals surface area contributed by atoms with Gasteiger partial charge in [0.1, 0.15) is 0 Å². The van der Waals surface area contributed by atoms with Gasteiger partial charge in [-0.3, -0.25) is 0 Å². The summed E-state index contributed by atoms with van der Waals surface area (Å²) >= 11 is 0. The van der Waals surface area contributed by atoms with Crippen LogP contribution in [0.4, 0.5) is 0 Å². The van der Waals surface area contributed by atoms with E-state index in [1.165, 1.54) is 19.3 Å². The van der Waals surface area contributed by atoms with E-state index in [1.807, 2.05) is 0 Å². The highest BCUT2D eigenvalue weighted by Gasteiger charge is 2.58. The van der Waals surface area contributed by atoms with E-state index < -0.39 is 0 Å². The standard InChI is InChI=1S/C13H22O3/c1-12(9-14)7-10-3-2-4-11(8-12)13(10)15-5-6-16-13/h10-11,14H,2-9H2,1H3. The maximum absolute atomic E-state index is 9.56. The first-order valence-corrected chi connectivity index (χ1v) is 6.57. The van der Waals surface area contributed by atoms with Gasteiger partial charge in [-0.1, -0.05) is 13.3 Å². The molecule has 2 saturated carbocycles. The van der Waals surface area contributed by atoms with Gasteiger partial charge in [0.15, 0.2) is 5.79 Å². The summed E-state index contributed by atoms with van der Waals surface area (Å²) in [5, 5.41) is 9.56. The monoisotopic (exact) mass is 226 g/mol. The second-order valence-electron chi connectivity index (χ2n) is 6.12. The summed E-state index contributed by atoms with van der Waals surface area (Å²) in [7, 11) is 0. The molecule has 3 aliphatic rings. The summed E-state index contributed by atoms with van der Waals surface area (Å²) in [5.41, 5.74) is 0.0936. The molecule has 16 heavy (non-hydrogen) atoms. The van der Waals surface area contributed by atoms with E-state index in [2.05, 4.69) is 6.92 Å². The molecule has 1 saturated heterocycles. The molecule has 3 heteroatoms. The van der Waals surface area contributed by atoms with Crippen molar-refractivity contribution in [1.82, 2.24) is 0 Å². The third-order valence-electron chi connectivity index (χ3n) is 4.84. The van der Waals surface area contributed by atoms with Gasteiger partial charge >= 0.3 is 0 Å². The van der Waals surface area contributed by atoms with Crippen LogP contribution >= 0.6 is 0 Å². The minimum Gasteiger partial charge on any atom is -0.396 e. The van der Waals surface area contributed by atoms with Gasteiger partial charge in [-0.15, -0.1) is 0 Å². The Hall–Kier alpha value is -0.120. The van der Waals surface area contributed by atoms with Gasteiger partial charge in [0.2, 0.25) is 0 Å². The first-order valence-electron chi connectivity index (χ1n) is 6.57. The van der Waals surface area contributed by atoms with Crippen molar-refractivity contribution in [2.75, 3.05) is 19.8 Å². The molecule has 92 valence electrons. The third-order valence-corrected chi connectivity index (χ3v) is 4.84. The lowest BCUT2D eigenvalue weighted by Crippen LogP contribution is -2.56. The molecule has 0 aromatic rings. The molecule has 0 aromatic heterocycles. The Kier molecular flexibility index (Phi) is 2.54. The first-order chi connectivity index (χ1) is 7.69. The molecule has 3 fully saturated rings. The molecule has 1 heterocycles. The third kappa shape index (κ3) is 1.45. The zero-order valence-electron chi connectivity index (χ0n) is 10.1. The number of aliphatic hydroxyl groups is 1. The van der Waals surface area contributed by atoms with Gasteiger partial charge in [-0.05, 0) is 31.1 Å². The van der Waals surface area contributed by atoms with Crippen LogP contribution in [0.25, 0.3) is 0 Å². The van der Waals surface area contributed by atoms with E-state index in [1.54, 1.807) is 0 Å². The quantitative estimate of drug-likeness (QED) is 0.742. The molecule has 0 amide bonds. The smallest absolute Gasteiger partial charge is 0.174 e. The lowest BCUT2D eigenvalue weighted by Gasteiger charge is -2.54. The van der Waals surface area contributed by atoms with E-state index in [9.17, 15) is 5.11 Å². The maximum atomic E-state index is 9.56. The highest BCUT2D eigenvalue weighted by atomic mass is 16.7. The van der Waals surface area contributed by atoms with Crippen molar-refractivity contribution in [1.29, 1.82) is 0 Å². The summed E-state index contributed by atoms with van der Waals surface area (Å²) in [4.78, 5) is 0. The SMILES string of the molecule is CC1(CO)CC2CCCC(C1)C21OCCO1. The van der Waals surface area contributed by atoms with Crippen LogP contribution in [0, 0.1) is 17.3 Å². The second-order valence-corrected chi connectivity index (χ2v) is 6.12. The van der Waals surface area contributed by atoms with Crippen LogP contribution in [0.15, 0.2) is 0 Å². The first kappa shape index (κ1) is 11.0. The summed E-state index contributed by atoms with van der Waals surface area (Å²) < 4.78 is 12.0. The van der Waals surface area contributed by atoms with Crippen molar-refractivity contribution in [2.24, 2.45) is 17.3 Å². The molecule has 1 aliphatic heterocycles. The minimum atomic E-state index is -0.271. The zero-order valence-corrected chi connectivity index (χ0v) is 10.1. The van der Waals surface area contributed by atoms with E-state index in [0.717, 1.165) is 26.1 Å². The van der Waals surface area contributed by atoms with Crippen LogP contribution in [0.1, 0.15) is 39.0 Å². The molecule has 2 bridgehead atoms. The van der Waals surface area contributed by atoms with Gasteiger partial charge in [-0.2, -0.15) is 0 Å². The van der Waals surface area contributed by atoms with Crippen molar-refractivity contribution >= 4 is 0 Å². The molecule has 1 spiro atoms. The van der Waals surface area contributed by atoms with E-state index in [0.29, 0.717) is 18.4 Å². The summed E-state index contributed by atoms with van der Waals surface area (Å²) in [6, 6.07) is 0. The number of ether oxygens (including phenoxy) is 2. The number of hydrogen-bond acceptors (Lipinski definition) is 3. The Balaban J connectivity index is 1.88. The average molecular weight is 226 g/mol. The van der Waals surface area contributed by atoms with Crippen LogP contribution in [-0.4, -0.2) is 30.7 Å². The number of hydrogen-bond donors (Lipinski definition) is 1. The van der Waals surface area contributed by atoms with Gasteiger partial charge < -0.3 is 14.6 Å². The largest absolute Gasteiger partial charge is 0.396 e. The van der Waals surface area contributed by atoms with E-state index in [-0.39, 0.29) is 11.2 Å². The molecule has 1 N–H and O–H groups in total. The predicted octanol–water partition coefficient (Wildman–Crippen LogP) is 1.94. The lowest BCUT2D eigenvalue weighted by molar-refractivity contribution is -0.277. The fourth-order valence-corrected chi connectivity index (χ4v) is 4.15. The predicted molar refractivity (Wildman–Crippen MR) is 59.9 cm³/mol. The van der Waals surface area contributed by atoms with Gasteiger partial charge in [0.05, 0.1) is 13.2 Å². The highest BCUT2D eigenvalue weighted by Crippen LogP contribution is 2.56. The Morgan fingerprint density at radius 1 is 1.12 bits per heavy atom. The Morgan fingerprint density at radius 2 is 1.69 bits per heavy atom. The second kappa shape index (κ2) is 3.69. The topological polar surface area (TPSA) is 38.7 Å². The van der Waals surface area contributed by atoms with Gasteiger partial charge in [0, 0.05) is 18.4 Å². The van der Waals surface area contributed by atoms with Crippen molar-refractivity contribution in [3.63, 3.8) is 0 Å². The molecule has 2 atom stereocenters. The molecule has 3 rings (SSSR count). The fraction of sp³-hybridized carbons (Fsp3) is 1.00. The Morgan fingerprint density at radius 3 is 2.19 bits per heavy atom. The highest BCUT2D eigenvalue weighted by molar-refractivity contribution is 5.02. The Labute approximate surface area is 97.1 Å². The molecular weight excluding hydrogens is 204 g/mol. The van der Waals surface area contributed by atoms with Crippen molar-refractivity contribution in [3.8, 4) is 0 Å². The summed E-state index contributed by atoms with van der Waals surface area (Å²) in [5.74, 6) is 0.728. The molecule has 2 aliphatic carbocycles. The van der Waals surface area contributed by atoms with Crippen molar-refractivity contribution in [2.45, 2.75) is 44.8 Å². The lowest BCUT2D eigenvalue weighted by atomic mass is 9.58. The molecule has 0 aromatic carbocycles. The number of rotatable bonds is 1. The summed E-state index contributed by atoms with van der Waals surface area (Å²) in [6.07, 6.45) is 5.81. The fourth-order valence-electron chi connectivity index (χ4n) is 4.15. The van der Waals surface area contributed by atoms with Gasteiger partial charge in [-0.25, -0.2) is 0 Å². The van der Waals surface area contributed by atoms with Crippen molar-refractivity contribution in [3.05, 3.63) is 0 Å². The van der Waals surface area contributed by atoms with Crippen LogP contribution in [-0.2, 0) is 9.47 Å². The maximum Gasteiger partial charge on any atom is 0.174 e. The normalized spacial score (nSPS) is 46.1. The minimum absolute atomic E-state index is 0.0936. The van der Waals surface area contributed by atoms with Crippen LogP contribution in [0.3, 0.4) is 0 Å².